The first-order chi connectivity index (χ1) is 14.4. The zero-order valence-corrected chi connectivity index (χ0v) is 18.1. The third-order valence-electron chi connectivity index (χ3n) is 4.45. The van der Waals surface area contributed by atoms with Crippen LogP contribution in [0.3, 0.4) is 0 Å². The standard InChI is InChI=1S/C19H29N3O7S/c1-3-4-5-6-18(23)21-29-14-19(24)20-16-13-15(7-8-17(16)27-2)30(25,26)22-9-11-28-12-10-22/h7-8,13H,3-6,9-12,14H2,1-2H3,(H,20,24)(H,21,23). The summed E-state index contributed by atoms with van der Waals surface area (Å²) < 4.78 is 37.4. The number of unbranched alkanes of at least 4 members (excludes halogenated alkanes) is 2. The van der Waals surface area contributed by atoms with Crippen molar-refractivity contribution in [1.29, 1.82) is 0 Å². The van der Waals surface area contributed by atoms with Crippen LogP contribution in [0.2, 0.25) is 0 Å². The van der Waals surface area contributed by atoms with Gasteiger partial charge >= 0.3 is 0 Å². The average molecular weight is 444 g/mol. The molecule has 1 aromatic carbocycles. The lowest BCUT2D eigenvalue weighted by atomic mass is 10.2. The van der Waals surface area contributed by atoms with E-state index >= 15 is 0 Å². The smallest absolute Gasteiger partial charge is 0.253 e. The molecular weight excluding hydrogens is 414 g/mol. The molecule has 2 amide bonds. The lowest BCUT2D eigenvalue weighted by Crippen LogP contribution is -2.40. The van der Waals surface area contributed by atoms with Crippen molar-refractivity contribution in [2.45, 2.75) is 37.5 Å². The number of carbonyl (C=O) groups excluding carboxylic acids is 2. The molecule has 0 radical (unpaired) electrons. The Balaban J connectivity index is 1.98. The Morgan fingerprint density at radius 3 is 2.57 bits per heavy atom. The molecule has 30 heavy (non-hydrogen) atoms. The number of anilines is 1. The summed E-state index contributed by atoms with van der Waals surface area (Å²) in [5.41, 5.74) is 2.41. The highest BCUT2D eigenvalue weighted by Crippen LogP contribution is 2.29. The fraction of sp³-hybridized carbons (Fsp3) is 0.579. The quantitative estimate of drug-likeness (QED) is 0.390. The van der Waals surface area contributed by atoms with E-state index < -0.39 is 22.5 Å². The Bertz CT molecular complexity index is 823. The minimum atomic E-state index is -3.73. The maximum atomic E-state index is 12.8. The van der Waals surface area contributed by atoms with Gasteiger partial charge in [0.15, 0.2) is 6.61 Å². The van der Waals surface area contributed by atoms with Gasteiger partial charge in [0.1, 0.15) is 5.75 Å². The monoisotopic (exact) mass is 443 g/mol. The van der Waals surface area contributed by atoms with Crippen molar-refractivity contribution >= 4 is 27.5 Å². The molecule has 0 bridgehead atoms. The molecule has 2 rings (SSSR count). The number of amides is 2. The van der Waals surface area contributed by atoms with Crippen molar-refractivity contribution < 1.29 is 32.3 Å². The molecule has 1 aromatic rings. The largest absolute Gasteiger partial charge is 0.495 e. The van der Waals surface area contributed by atoms with Crippen LogP contribution < -0.4 is 15.5 Å². The lowest BCUT2D eigenvalue weighted by Gasteiger charge is -2.26. The van der Waals surface area contributed by atoms with Crippen LogP contribution in [0, 0.1) is 0 Å². The molecule has 0 atom stereocenters. The zero-order valence-electron chi connectivity index (χ0n) is 17.3. The number of rotatable bonds is 11. The molecule has 1 heterocycles. The molecule has 0 aromatic heterocycles. The molecular formula is C19H29N3O7S. The van der Waals surface area contributed by atoms with Gasteiger partial charge in [-0.05, 0) is 24.6 Å². The van der Waals surface area contributed by atoms with Gasteiger partial charge in [0, 0.05) is 19.5 Å². The number of nitrogens with zero attached hydrogens (tertiary/aromatic N) is 1. The second-order valence-corrected chi connectivity index (χ2v) is 8.64. The number of methoxy groups -OCH3 is 1. The second-order valence-electron chi connectivity index (χ2n) is 6.70. The summed E-state index contributed by atoms with van der Waals surface area (Å²) in [6.07, 6.45) is 3.01. The van der Waals surface area contributed by atoms with Crippen LogP contribution in [0.25, 0.3) is 0 Å². The summed E-state index contributed by atoms with van der Waals surface area (Å²) >= 11 is 0. The van der Waals surface area contributed by atoms with E-state index in [-0.39, 0.29) is 29.6 Å². The van der Waals surface area contributed by atoms with Gasteiger partial charge in [-0.2, -0.15) is 4.31 Å². The Hall–Kier alpha value is -2.21. The van der Waals surface area contributed by atoms with E-state index in [2.05, 4.69) is 10.8 Å². The molecule has 10 nitrogen and oxygen atoms in total. The molecule has 2 N–H and O–H groups in total. The van der Waals surface area contributed by atoms with Gasteiger partial charge in [-0.15, -0.1) is 0 Å². The molecule has 0 spiro atoms. The van der Waals surface area contributed by atoms with E-state index in [0.717, 1.165) is 19.3 Å². The summed E-state index contributed by atoms with van der Waals surface area (Å²) in [6.45, 7) is 2.81. The molecule has 1 aliphatic heterocycles. The van der Waals surface area contributed by atoms with E-state index in [0.29, 0.717) is 25.4 Å². The predicted octanol–water partition coefficient (Wildman–Crippen LogP) is 1.28. The van der Waals surface area contributed by atoms with Gasteiger partial charge in [-0.3, -0.25) is 14.4 Å². The van der Waals surface area contributed by atoms with Crippen molar-refractivity contribution in [2.24, 2.45) is 0 Å². The maximum Gasteiger partial charge on any atom is 0.253 e. The molecule has 0 aliphatic carbocycles. The number of hydroxylamine groups is 1. The molecule has 0 saturated carbocycles. The van der Waals surface area contributed by atoms with Crippen LogP contribution in [0.5, 0.6) is 5.75 Å². The third-order valence-corrected chi connectivity index (χ3v) is 6.34. The van der Waals surface area contributed by atoms with Crippen LogP contribution in [-0.4, -0.2) is 64.6 Å². The van der Waals surface area contributed by atoms with E-state index in [9.17, 15) is 18.0 Å². The summed E-state index contributed by atoms with van der Waals surface area (Å²) in [5, 5.41) is 2.56. The van der Waals surface area contributed by atoms with Crippen molar-refractivity contribution in [3.05, 3.63) is 18.2 Å². The first-order valence-corrected chi connectivity index (χ1v) is 11.3. The number of hydrogen-bond donors (Lipinski definition) is 2. The minimum Gasteiger partial charge on any atom is -0.495 e. The van der Waals surface area contributed by atoms with Gasteiger partial charge < -0.3 is 14.8 Å². The number of benzene rings is 1. The molecule has 11 heteroatoms. The average Bonchev–Trinajstić information content (AvgIpc) is 2.74. The zero-order chi connectivity index (χ0) is 22.0. The highest BCUT2D eigenvalue weighted by atomic mass is 32.2. The molecule has 1 fully saturated rings. The Kier molecular flexibility index (Phi) is 9.50. The SMILES string of the molecule is CCCCCC(=O)NOCC(=O)Nc1cc(S(=O)(=O)N2CCOCC2)ccc1OC. The molecule has 1 saturated heterocycles. The highest BCUT2D eigenvalue weighted by Gasteiger charge is 2.27. The van der Waals surface area contributed by atoms with Gasteiger partial charge in [0.05, 0.1) is 30.9 Å². The van der Waals surface area contributed by atoms with Gasteiger partial charge in [0.25, 0.3) is 5.91 Å². The van der Waals surface area contributed by atoms with Crippen molar-refractivity contribution in [3.8, 4) is 5.75 Å². The summed E-state index contributed by atoms with van der Waals surface area (Å²) in [5.74, 6) is -0.566. The van der Waals surface area contributed by atoms with Crippen LogP contribution in [0.15, 0.2) is 23.1 Å². The van der Waals surface area contributed by atoms with E-state index in [1.54, 1.807) is 0 Å². The normalized spacial score (nSPS) is 14.9. The number of hydrogen-bond acceptors (Lipinski definition) is 7. The highest BCUT2D eigenvalue weighted by molar-refractivity contribution is 7.89. The maximum absolute atomic E-state index is 12.8. The van der Waals surface area contributed by atoms with Crippen molar-refractivity contribution in [1.82, 2.24) is 9.79 Å². The Morgan fingerprint density at radius 2 is 1.90 bits per heavy atom. The van der Waals surface area contributed by atoms with Crippen LogP contribution in [0.1, 0.15) is 32.6 Å². The van der Waals surface area contributed by atoms with E-state index in [1.165, 1.54) is 29.6 Å². The van der Waals surface area contributed by atoms with Crippen LogP contribution in [0.4, 0.5) is 5.69 Å². The van der Waals surface area contributed by atoms with E-state index in [1.807, 2.05) is 6.92 Å². The summed E-state index contributed by atoms with van der Waals surface area (Å²) in [6, 6.07) is 4.23. The van der Waals surface area contributed by atoms with Crippen molar-refractivity contribution in [3.63, 3.8) is 0 Å². The second kappa shape index (κ2) is 11.8. The third kappa shape index (κ3) is 6.94. The molecule has 0 unspecified atom stereocenters. The number of nitrogens with one attached hydrogen (secondary N) is 2. The van der Waals surface area contributed by atoms with Crippen LogP contribution >= 0.6 is 0 Å². The number of carbonyl (C=O) groups is 2. The molecule has 1 aliphatic rings. The first-order valence-electron chi connectivity index (χ1n) is 9.85. The van der Waals surface area contributed by atoms with Crippen LogP contribution in [-0.2, 0) is 29.2 Å². The summed E-state index contributed by atoms with van der Waals surface area (Å²) in [4.78, 5) is 28.7. The van der Waals surface area contributed by atoms with Gasteiger partial charge in [-0.1, -0.05) is 19.8 Å². The van der Waals surface area contributed by atoms with Crippen molar-refractivity contribution in [2.75, 3.05) is 45.3 Å². The first kappa shape index (κ1) is 24.1. The summed E-state index contributed by atoms with van der Waals surface area (Å²) in [7, 11) is -2.32. The number of ether oxygens (including phenoxy) is 2. The fourth-order valence-corrected chi connectivity index (χ4v) is 4.27. The predicted molar refractivity (Wildman–Crippen MR) is 109 cm³/mol. The fourth-order valence-electron chi connectivity index (χ4n) is 2.84. The number of morpholine rings is 1. The van der Waals surface area contributed by atoms with Gasteiger partial charge in [0.2, 0.25) is 15.9 Å². The minimum absolute atomic E-state index is 0.0330. The Labute approximate surface area is 176 Å². The lowest BCUT2D eigenvalue weighted by molar-refractivity contribution is -0.137. The topological polar surface area (TPSA) is 123 Å². The Morgan fingerprint density at radius 1 is 1.17 bits per heavy atom. The van der Waals surface area contributed by atoms with E-state index in [4.69, 9.17) is 14.3 Å². The number of sulfonamides is 1. The molecule has 168 valence electrons. The van der Waals surface area contributed by atoms with Gasteiger partial charge in [-0.25, -0.2) is 13.9 Å².